The number of hydrogen-bond acceptors (Lipinski definition) is 3. The zero-order chi connectivity index (χ0) is 22.0. The van der Waals surface area contributed by atoms with Crippen LogP contribution in [0.5, 0.6) is 11.5 Å². The van der Waals surface area contributed by atoms with Crippen LogP contribution in [0.1, 0.15) is 10.4 Å². The first-order valence-corrected chi connectivity index (χ1v) is 9.54. The number of hydrogen-bond donors (Lipinski definition) is 2. The Morgan fingerprint density at radius 2 is 1.90 bits per heavy atom. The Labute approximate surface area is 176 Å². The van der Waals surface area contributed by atoms with Crippen LogP contribution in [0.4, 0.5) is 8.78 Å². The van der Waals surface area contributed by atoms with E-state index in [-0.39, 0.29) is 11.1 Å². The van der Waals surface area contributed by atoms with Gasteiger partial charge in [-0.1, -0.05) is 18.2 Å². The Morgan fingerprint density at radius 1 is 1.13 bits per heavy atom. The van der Waals surface area contributed by atoms with E-state index >= 15 is 0 Å². The maximum absolute atomic E-state index is 12.5. The summed E-state index contributed by atoms with van der Waals surface area (Å²) in [7, 11) is 1.63. The molecule has 0 radical (unpaired) electrons. The van der Waals surface area contributed by atoms with E-state index in [1.165, 1.54) is 10.6 Å². The predicted molar refractivity (Wildman–Crippen MR) is 114 cm³/mol. The van der Waals surface area contributed by atoms with Gasteiger partial charge in [-0.15, -0.1) is 0 Å². The number of H-pyrrole nitrogens is 1. The minimum absolute atomic E-state index is 0.194. The van der Waals surface area contributed by atoms with Crippen molar-refractivity contribution in [3.63, 3.8) is 0 Å². The minimum Gasteiger partial charge on any atom is -0.457 e. The largest absolute Gasteiger partial charge is 0.457 e. The fourth-order valence-corrected chi connectivity index (χ4v) is 3.34. The van der Waals surface area contributed by atoms with Crippen LogP contribution in [-0.2, 0) is 7.05 Å². The van der Waals surface area contributed by atoms with Crippen LogP contribution in [0.3, 0.4) is 0 Å². The van der Waals surface area contributed by atoms with E-state index in [0.717, 1.165) is 0 Å². The number of aromatic nitrogens is 2. The second-order valence-electron chi connectivity index (χ2n) is 6.95. The maximum atomic E-state index is 12.5. The van der Waals surface area contributed by atoms with Gasteiger partial charge in [0.25, 0.3) is 17.9 Å². The summed E-state index contributed by atoms with van der Waals surface area (Å²) in [5.41, 5.74) is 1.63. The van der Waals surface area contributed by atoms with E-state index in [2.05, 4.69) is 10.3 Å². The summed E-state index contributed by atoms with van der Waals surface area (Å²) in [6.45, 7) is -0.738. The average Bonchev–Trinajstić information content (AvgIpc) is 3.26. The Morgan fingerprint density at radius 3 is 2.65 bits per heavy atom. The highest BCUT2D eigenvalue weighted by Gasteiger charge is 2.18. The van der Waals surface area contributed by atoms with Crippen molar-refractivity contribution in [1.82, 2.24) is 14.9 Å². The molecule has 6 nitrogen and oxygen atoms in total. The smallest absolute Gasteiger partial charge is 0.274 e. The Kier molecular flexibility index (Phi) is 5.53. The molecule has 158 valence electrons. The number of ether oxygens (including phenoxy) is 1. The van der Waals surface area contributed by atoms with Gasteiger partial charge in [0, 0.05) is 41.5 Å². The van der Waals surface area contributed by atoms with Gasteiger partial charge >= 0.3 is 0 Å². The Hall–Kier alpha value is -3.94. The zero-order valence-corrected chi connectivity index (χ0v) is 16.6. The number of halogens is 2. The topological polar surface area (TPSA) is 76.1 Å². The molecular weight excluding hydrogens is 404 g/mol. The quantitative estimate of drug-likeness (QED) is 0.485. The molecule has 0 spiro atoms. The number of nitrogens with one attached hydrogen (secondary N) is 2. The van der Waals surface area contributed by atoms with E-state index in [1.807, 2.05) is 18.2 Å². The van der Waals surface area contributed by atoms with Gasteiger partial charge in [0.1, 0.15) is 17.0 Å². The monoisotopic (exact) mass is 423 g/mol. The van der Waals surface area contributed by atoms with Crippen LogP contribution >= 0.6 is 0 Å². The standard InChI is InChI=1S/C23H19F2N3O3/c1-28-13-18(16-9-10-26-21(16)23(28)30)17-11-14(22(29)27-12-20(24)25)7-8-19(17)31-15-5-3-2-4-6-15/h2-11,13,20,26H,12H2,1H3,(H,27,29). The molecule has 0 saturated carbocycles. The van der Waals surface area contributed by atoms with Gasteiger partial charge in [-0.25, -0.2) is 8.78 Å². The number of pyridine rings is 1. The van der Waals surface area contributed by atoms with Crippen LogP contribution < -0.4 is 15.6 Å². The first kappa shape index (κ1) is 20.3. The number of aromatic amines is 1. The van der Waals surface area contributed by atoms with Gasteiger partial charge in [-0.05, 0) is 36.4 Å². The lowest BCUT2D eigenvalue weighted by molar-refractivity contribution is 0.0891. The molecule has 8 heteroatoms. The highest BCUT2D eigenvalue weighted by molar-refractivity contribution is 6.00. The fourth-order valence-electron chi connectivity index (χ4n) is 3.34. The van der Waals surface area contributed by atoms with Crippen LogP contribution in [-0.4, -0.2) is 28.4 Å². The van der Waals surface area contributed by atoms with Crippen LogP contribution in [0.2, 0.25) is 0 Å². The molecule has 0 atom stereocenters. The Bertz CT molecular complexity index is 1300. The highest BCUT2D eigenvalue weighted by Crippen LogP contribution is 2.37. The summed E-state index contributed by atoms with van der Waals surface area (Å²) in [5, 5.41) is 2.87. The number of alkyl halides is 2. The SMILES string of the molecule is Cn1cc(-c2cc(C(=O)NCC(F)F)ccc2Oc2ccccc2)c2cc[nH]c2c1=O. The van der Waals surface area contributed by atoms with Crippen molar-refractivity contribution in [2.75, 3.05) is 6.54 Å². The molecule has 0 unspecified atom stereocenters. The highest BCUT2D eigenvalue weighted by atomic mass is 19.3. The maximum Gasteiger partial charge on any atom is 0.274 e. The van der Waals surface area contributed by atoms with Gasteiger partial charge in [0.2, 0.25) is 0 Å². The van der Waals surface area contributed by atoms with Crippen molar-refractivity contribution in [3.05, 3.63) is 82.9 Å². The molecule has 2 aromatic carbocycles. The molecule has 2 heterocycles. The second-order valence-corrected chi connectivity index (χ2v) is 6.95. The third-order valence-corrected chi connectivity index (χ3v) is 4.81. The molecule has 4 rings (SSSR count). The first-order valence-electron chi connectivity index (χ1n) is 9.54. The number of carbonyl (C=O) groups excluding carboxylic acids is 1. The summed E-state index contributed by atoms with van der Waals surface area (Å²) < 4.78 is 32.5. The fraction of sp³-hybridized carbons (Fsp3) is 0.130. The zero-order valence-electron chi connectivity index (χ0n) is 16.6. The molecule has 0 bridgehead atoms. The summed E-state index contributed by atoms with van der Waals surface area (Å²) >= 11 is 0. The molecule has 0 aliphatic heterocycles. The normalized spacial score (nSPS) is 11.1. The van der Waals surface area contributed by atoms with Crippen molar-refractivity contribution in [1.29, 1.82) is 0 Å². The molecule has 31 heavy (non-hydrogen) atoms. The summed E-state index contributed by atoms with van der Waals surface area (Å²) in [6, 6.07) is 15.6. The number of rotatable bonds is 6. The summed E-state index contributed by atoms with van der Waals surface area (Å²) in [6.07, 6.45) is 0.672. The third kappa shape index (κ3) is 4.18. The lowest BCUT2D eigenvalue weighted by Gasteiger charge is -2.15. The Balaban J connectivity index is 1.86. The van der Waals surface area contributed by atoms with E-state index in [4.69, 9.17) is 4.74 Å². The first-order chi connectivity index (χ1) is 14.9. The van der Waals surface area contributed by atoms with E-state index in [1.54, 1.807) is 49.8 Å². The number of benzene rings is 2. The molecule has 0 aliphatic carbocycles. The number of aryl methyl sites for hydroxylation is 1. The van der Waals surface area contributed by atoms with Crippen molar-refractivity contribution in [3.8, 4) is 22.6 Å². The lowest BCUT2D eigenvalue weighted by Crippen LogP contribution is -2.28. The average molecular weight is 423 g/mol. The molecule has 1 amide bonds. The number of nitrogens with zero attached hydrogens (tertiary/aromatic N) is 1. The van der Waals surface area contributed by atoms with Crippen LogP contribution in [0, 0.1) is 0 Å². The van der Waals surface area contributed by atoms with E-state index < -0.39 is 18.9 Å². The third-order valence-electron chi connectivity index (χ3n) is 4.81. The molecule has 0 saturated heterocycles. The molecular formula is C23H19F2N3O3. The number of fused-ring (bicyclic) bond motifs is 1. The minimum atomic E-state index is -2.65. The summed E-state index contributed by atoms with van der Waals surface area (Å²) in [5.74, 6) is 0.425. The number of amides is 1. The molecule has 0 aliphatic rings. The number of carbonyl (C=O) groups is 1. The van der Waals surface area contributed by atoms with Crippen molar-refractivity contribution in [2.45, 2.75) is 6.43 Å². The van der Waals surface area contributed by atoms with Crippen LogP contribution in [0.15, 0.2) is 71.8 Å². The van der Waals surface area contributed by atoms with Gasteiger partial charge in [-0.3, -0.25) is 9.59 Å². The van der Waals surface area contributed by atoms with Crippen LogP contribution in [0.25, 0.3) is 22.0 Å². The van der Waals surface area contributed by atoms with E-state index in [9.17, 15) is 18.4 Å². The molecule has 2 N–H and O–H groups in total. The van der Waals surface area contributed by atoms with Crippen molar-refractivity contribution < 1.29 is 18.3 Å². The lowest BCUT2D eigenvalue weighted by atomic mass is 10.00. The molecule has 0 fully saturated rings. The number of para-hydroxylation sites is 1. The van der Waals surface area contributed by atoms with Crippen molar-refractivity contribution >= 4 is 16.8 Å². The molecule has 4 aromatic rings. The predicted octanol–water partition coefficient (Wildman–Crippen LogP) is 4.32. The van der Waals surface area contributed by atoms with Gasteiger partial charge in [-0.2, -0.15) is 0 Å². The van der Waals surface area contributed by atoms with Gasteiger partial charge < -0.3 is 19.6 Å². The van der Waals surface area contributed by atoms with E-state index in [0.29, 0.717) is 33.5 Å². The molecule has 2 aromatic heterocycles. The van der Waals surface area contributed by atoms with Gasteiger partial charge in [0.05, 0.1) is 6.54 Å². The summed E-state index contributed by atoms with van der Waals surface area (Å²) in [4.78, 5) is 27.8. The van der Waals surface area contributed by atoms with Crippen molar-refractivity contribution in [2.24, 2.45) is 7.05 Å². The second kappa shape index (κ2) is 8.43. The van der Waals surface area contributed by atoms with Gasteiger partial charge in [0.15, 0.2) is 0 Å².